The molecule has 3 atom stereocenters. The number of nitrogens with zero attached hydrogens (tertiary/aromatic N) is 4. The molecule has 3 aromatic carbocycles. The molecule has 0 aliphatic heterocycles. The maximum atomic E-state index is 13.9. The summed E-state index contributed by atoms with van der Waals surface area (Å²) in [6.45, 7) is 1.82. The number of benzene rings is 3. The number of aliphatic hydroxyl groups is 1. The number of amides is 2. The summed E-state index contributed by atoms with van der Waals surface area (Å²) in [5.41, 5.74) is 2.62. The van der Waals surface area contributed by atoms with Crippen molar-refractivity contribution in [3.05, 3.63) is 113 Å². The smallest absolute Gasteiger partial charge is 0.251 e. The Balaban J connectivity index is 1.40. The van der Waals surface area contributed by atoms with Crippen LogP contribution in [0.1, 0.15) is 88.5 Å². The number of halogens is 1. The molecule has 1 aliphatic rings. The quantitative estimate of drug-likeness (QED) is 0.184. The van der Waals surface area contributed by atoms with Crippen molar-refractivity contribution < 1.29 is 27.5 Å². The first kappa shape index (κ1) is 35.7. The number of nitrogens with one attached hydrogen (secondary N) is 2. The number of anilines is 1. The summed E-state index contributed by atoms with van der Waals surface area (Å²) in [6, 6.07) is 18.0. The Morgan fingerprint density at radius 1 is 0.980 bits per heavy atom. The number of carbonyl (C=O) groups is 2. The van der Waals surface area contributed by atoms with Crippen LogP contribution in [0.2, 0.25) is 0 Å². The Morgan fingerprint density at radius 3 is 2.24 bits per heavy atom. The number of carbonyl (C=O) groups excluding carboxylic acids is 2. The molecule has 5 rings (SSSR count). The van der Waals surface area contributed by atoms with Gasteiger partial charge in [-0.15, -0.1) is 5.10 Å². The van der Waals surface area contributed by atoms with E-state index in [2.05, 4.69) is 20.9 Å². The third-order valence-electron chi connectivity index (χ3n) is 9.05. The van der Waals surface area contributed by atoms with Crippen LogP contribution in [0.15, 0.2) is 79.0 Å². The minimum atomic E-state index is -3.75. The summed E-state index contributed by atoms with van der Waals surface area (Å²) < 4.78 is 41.0. The molecular formula is C36H43FN6O5S. The van der Waals surface area contributed by atoms with Crippen LogP contribution in [0.3, 0.4) is 0 Å². The van der Waals surface area contributed by atoms with E-state index in [1.54, 1.807) is 23.7 Å². The van der Waals surface area contributed by atoms with Crippen molar-refractivity contribution in [3.63, 3.8) is 0 Å². The molecule has 0 bridgehead atoms. The lowest BCUT2D eigenvalue weighted by Gasteiger charge is -2.25. The van der Waals surface area contributed by atoms with Crippen molar-refractivity contribution >= 4 is 27.5 Å². The second kappa shape index (κ2) is 15.7. The van der Waals surface area contributed by atoms with Crippen LogP contribution in [0, 0.1) is 5.82 Å². The Bertz CT molecular complexity index is 1850. The van der Waals surface area contributed by atoms with Crippen molar-refractivity contribution in [1.29, 1.82) is 0 Å². The van der Waals surface area contributed by atoms with E-state index in [9.17, 15) is 27.5 Å². The predicted molar refractivity (Wildman–Crippen MR) is 185 cm³/mol. The SMILES string of the molecule is C[C@@H](NC(=O)c1cc(C(=O)N[C@@H](Cc2ccccc2)[C@@H](O)Cn2cc(C3CCCCC3)nn2)cc(N(C)S(C)(=O)=O)c1)c1ccc(F)cc1. The molecule has 11 nitrogen and oxygen atoms in total. The third-order valence-corrected chi connectivity index (χ3v) is 10.3. The van der Waals surface area contributed by atoms with Crippen molar-refractivity contribution in [1.82, 2.24) is 25.6 Å². The average Bonchev–Trinajstić information content (AvgIpc) is 3.56. The topological polar surface area (TPSA) is 147 Å². The molecule has 0 spiro atoms. The Kier molecular flexibility index (Phi) is 11.5. The highest BCUT2D eigenvalue weighted by Gasteiger charge is 2.26. The van der Waals surface area contributed by atoms with E-state index in [0.29, 0.717) is 17.9 Å². The summed E-state index contributed by atoms with van der Waals surface area (Å²) in [5.74, 6) is -1.22. The number of sulfonamides is 1. The van der Waals surface area contributed by atoms with Gasteiger partial charge in [0.1, 0.15) is 5.82 Å². The van der Waals surface area contributed by atoms with Crippen LogP contribution >= 0.6 is 0 Å². The zero-order valence-electron chi connectivity index (χ0n) is 27.9. The standard InChI is InChI=1S/C36H43FN6O5S/c1-24(26-14-16-30(37)17-15-26)38-35(45)28-19-29(21-31(20-28)42(2)49(3,47)48)36(46)39-32(18-25-10-6-4-7-11-25)34(44)23-43-22-33(40-41-43)27-12-8-5-9-13-27/h4,6-7,10-11,14-17,19-22,24,27,32,34,44H,5,8-9,12-13,18,23H2,1-3H3,(H,38,45)(H,39,46)/t24-,32+,34+/m1/s1. The van der Waals surface area contributed by atoms with Crippen LogP contribution in [0.5, 0.6) is 0 Å². The number of hydrogen-bond acceptors (Lipinski definition) is 7. The average molecular weight is 691 g/mol. The van der Waals surface area contributed by atoms with Crippen LogP contribution in [0.25, 0.3) is 0 Å². The number of rotatable bonds is 13. The number of aliphatic hydroxyl groups excluding tert-OH is 1. The van der Waals surface area contributed by atoms with E-state index in [-0.39, 0.29) is 23.4 Å². The van der Waals surface area contributed by atoms with Gasteiger partial charge >= 0.3 is 0 Å². The van der Waals surface area contributed by atoms with Gasteiger partial charge in [-0.2, -0.15) is 0 Å². The molecule has 0 saturated heterocycles. The molecule has 49 heavy (non-hydrogen) atoms. The molecule has 1 aromatic heterocycles. The molecule has 2 amide bonds. The summed E-state index contributed by atoms with van der Waals surface area (Å²) in [7, 11) is -2.42. The van der Waals surface area contributed by atoms with Gasteiger partial charge in [-0.25, -0.2) is 17.5 Å². The molecular weight excluding hydrogens is 647 g/mol. The molecule has 1 saturated carbocycles. The zero-order chi connectivity index (χ0) is 35.1. The summed E-state index contributed by atoms with van der Waals surface area (Å²) in [4.78, 5) is 27.3. The van der Waals surface area contributed by atoms with E-state index in [1.165, 1.54) is 43.8 Å². The van der Waals surface area contributed by atoms with Gasteiger partial charge in [0.25, 0.3) is 11.8 Å². The molecule has 4 aromatic rings. The second-order valence-electron chi connectivity index (χ2n) is 12.8. The summed E-state index contributed by atoms with van der Waals surface area (Å²) in [5, 5.41) is 25.9. The molecule has 260 valence electrons. The van der Waals surface area contributed by atoms with Crippen molar-refractivity contribution in [2.75, 3.05) is 17.6 Å². The fraction of sp³-hybridized carbons (Fsp3) is 0.389. The minimum absolute atomic E-state index is 0.0261. The molecule has 3 N–H and O–H groups in total. The van der Waals surface area contributed by atoms with Crippen LogP contribution < -0.4 is 14.9 Å². The van der Waals surface area contributed by atoms with Gasteiger partial charge in [0.15, 0.2) is 0 Å². The largest absolute Gasteiger partial charge is 0.389 e. The lowest BCUT2D eigenvalue weighted by molar-refractivity contribution is 0.0778. The third kappa shape index (κ3) is 9.51. The first-order valence-corrected chi connectivity index (χ1v) is 18.3. The lowest BCUT2D eigenvalue weighted by atomic mass is 9.87. The first-order chi connectivity index (χ1) is 23.4. The summed E-state index contributed by atoms with van der Waals surface area (Å²) in [6.07, 6.45) is 7.77. The maximum absolute atomic E-state index is 13.9. The van der Waals surface area contributed by atoms with Crippen LogP contribution in [0.4, 0.5) is 10.1 Å². The minimum Gasteiger partial charge on any atom is -0.389 e. The summed E-state index contributed by atoms with van der Waals surface area (Å²) >= 11 is 0. The van der Waals surface area contributed by atoms with E-state index >= 15 is 0 Å². The van der Waals surface area contributed by atoms with Crippen molar-refractivity contribution in [2.24, 2.45) is 0 Å². The Hall–Kier alpha value is -4.62. The second-order valence-corrected chi connectivity index (χ2v) is 14.8. The van der Waals surface area contributed by atoms with E-state index in [0.717, 1.165) is 47.5 Å². The van der Waals surface area contributed by atoms with Crippen molar-refractivity contribution in [3.8, 4) is 0 Å². The zero-order valence-corrected chi connectivity index (χ0v) is 28.7. The van der Waals surface area contributed by atoms with Crippen LogP contribution in [-0.2, 0) is 23.0 Å². The number of hydrogen-bond donors (Lipinski definition) is 3. The molecule has 1 aliphatic carbocycles. The fourth-order valence-electron chi connectivity index (χ4n) is 6.07. The number of aromatic nitrogens is 3. The normalized spacial score (nSPS) is 15.6. The maximum Gasteiger partial charge on any atom is 0.251 e. The molecule has 0 radical (unpaired) electrons. The fourth-order valence-corrected chi connectivity index (χ4v) is 6.56. The van der Waals surface area contributed by atoms with Crippen LogP contribution in [-0.4, -0.2) is 65.8 Å². The van der Waals surface area contributed by atoms with Gasteiger partial charge < -0.3 is 15.7 Å². The van der Waals surface area contributed by atoms with E-state index < -0.39 is 45.8 Å². The first-order valence-electron chi connectivity index (χ1n) is 16.5. The van der Waals surface area contributed by atoms with Gasteiger partial charge in [0.2, 0.25) is 10.0 Å². The molecule has 13 heteroatoms. The Labute approximate surface area is 286 Å². The highest BCUT2D eigenvalue weighted by atomic mass is 32.2. The van der Waals surface area contributed by atoms with Gasteiger partial charge in [-0.1, -0.05) is 66.9 Å². The van der Waals surface area contributed by atoms with Gasteiger partial charge in [-0.3, -0.25) is 13.9 Å². The van der Waals surface area contributed by atoms with Crippen molar-refractivity contribution in [2.45, 2.75) is 76.1 Å². The van der Waals surface area contributed by atoms with Gasteiger partial charge in [-0.05, 0) is 67.6 Å². The van der Waals surface area contributed by atoms with Gasteiger partial charge in [0.05, 0.1) is 42.4 Å². The molecule has 1 fully saturated rings. The predicted octanol–water partition coefficient (Wildman–Crippen LogP) is 4.75. The highest BCUT2D eigenvalue weighted by molar-refractivity contribution is 7.92. The molecule has 1 heterocycles. The monoisotopic (exact) mass is 690 g/mol. The lowest BCUT2D eigenvalue weighted by Crippen LogP contribution is -2.46. The highest BCUT2D eigenvalue weighted by Crippen LogP contribution is 2.31. The van der Waals surface area contributed by atoms with E-state index in [1.807, 2.05) is 36.5 Å². The Morgan fingerprint density at radius 2 is 1.61 bits per heavy atom. The molecule has 0 unspecified atom stereocenters. The van der Waals surface area contributed by atoms with E-state index in [4.69, 9.17) is 0 Å². The van der Waals surface area contributed by atoms with Gasteiger partial charge in [0, 0.05) is 30.3 Å².